The van der Waals surface area contributed by atoms with E-state index in [1.54, 1.807) is 0 Å². The van der Waals surface area contributed by atoms with Gasteiger partial charge < -0.3 is 4.74 Å². The van der Waals surface area contributed by atoms with E-state index >= 15 is 0 Å². The molecule has 1 fully saturated rings. The molecule has 2 heterocycles. The quantitative estimate of drug-likeness (QED) is 0.833. The van der Waals surface area contributed by atoms with Crippen LogP contribution in [-0.2, 0) is 13.0 Å². The molecular weight excluding hydrogens is 308 g/mol. The molecule has 25 heavy (non-hydrogen) atoms. The van der Waals surface area contributed by atoms with Gasteiger partial charge in [-0.05, 0) is 11.1 Å². The highest BCUT2D eigenvalue weighted by Crippen LogP contribution is 2.30. The number of hydrogen-bond donors (Lipinski definition) is 0. The van der Waals surface area contributed by atoms with E-state index in [1.165, 1.54) is 16.7 Å². The number of para-hydroxylation sites is 1. The number of nitrogens with zero attached hydrogens (tertiary/aromatic N) is 2. The van der Waals surface area contributed by atoms with Crippen molar-refractivity contribution >= 4 is 6.08 Å². The number of piperazine rings is 1. The molecule has 0 N–H and O–H groups in total. The lowest BCUT2D eigenvalue weighted by Gasteiger charge is -2.34. The van der Waals surface area contributed by atoms with E-state index in [2.05, 4.69) is 70.5 Å². The first-order valence-electron chi connectivity index (χ1n) is 9.28. The fraction of sp³-hybridized carbons (Fsp3) is 0.364. The van der Waals surface area contributed by atoms with Crippen molar-refractivity contribution in [2.24, 2.45) is 0 Å². The van der Waals surface area contributed by atoms with E-state index in [0.717, 1.165) is 58.0 Å². The average Bonchev–Trinajstić information content (AvgIpc) is 3.14. The van der Waals surface area contributed by atoms with Gasteiger partial charge in [-0.25, -0.2) is 0 Å². The molecule has 2 aliphatic heterocycles. The van der Waals surface area contributed by atoms with E-state index in [-0.39, 0.29) is 0 Å². The fourth-order valence-corrected chi connectivity index (χ4v) is 3.68. The first-order chi connectivity index (χ1) is 12.4. The Balaban J connectivity index is 1.26. The third-order valence-corrected chi connectivity index (χ3v) is 5.13. The SMILES string of the molecule is C(=C\c1ccccc1)/CN1CCN(Cc2cccc3c2OCC3)CC1. The number of ether oxygens (including phenoxy) is 1. The Bertz CT molecular complexity index is 718. The van der Waals surface area contributed by atoms with Gasteiger partial charge in [0.05, 0.1) is 6.61 Å². The third kappa shape index (κ3) is 4.12. The van der Waals surface area contributed by atoms with Crippen molar-refractivity contribution in [3.8, 4) is 5.75 Å². The topological polar surface area (TPSA) is 15.7 Å². The minimum absolute atomic E-state index is 0.841. The number of benzene rings is 2. The molecule has 130 valence electrons. The normalized spacial score (nSPS) is 18.4. The molecule has 0 radical (unpaired) electrons. The van der Waals surface area contributed by atoms with Gasteiger partial charge in [0.15, 0.2) is 0 Å². The molecule has 0 aliphatic carbocycles. The molecule has 3 nitrogen and oxygen atoms in total. The number of hydrogen-bond acceptors (Lipinski definition) is 3. The van der Waals surface area contributed by atoms with E-state index in [0.29, 0.717) is 0 Å². The van der Waals surface area contributed by atoms with E-state index in [4.69, 9.17) is 4.74 Å². The van der Waals surface area contributed by atoms with Gasteiger partial charge in [0.25, 0.3) is 0 Å². The van der Waals surface area contributed by atoms with Gasteiger partial charge in [-0.3, -0.25) is 9.80 Å². The molecule has 3 heteroatoms. The van der Waals surface area contributed by atoms with Gasteiger partial charge in [-0.2, -0.15) is 0 Å². The van der Waals surface area contributed by atoms with Crippen LogP contribution in [0.5, 0.6) is 5.75 Å². The van der Waals surface area contributed by atoms with Crippen molar-refractivity contribution < 1.29 is 4.74 Å². The van der Waals surface area contributed by atoms with Gasteiger partial charge in [0.1, 0.15) is 5.75 Å². The van der Waals surface area contributed by atoms with E-state index in [1.807, 2.05) is 0 Å². The van der Waals surface area contributed by atoms with Crippen LogP contribution < -0.4 is 4.74 Å². The van der Waals surface area contributed by atoms with Crippen molar-refractivity contribution in [1.82, 2.24) is 9.80 Å². The predicted octanol–water partition coefficient (Wildman–Crippen LogP) is 3.45. The molecule has 0 unspecified atom stereocenters. The summed E-state index contributed by atoms with van der Waals surface area (Å²) in [5.41, 5.74) is 4.01. The largest absolute Gasteiger partial charge is 0.493 e. The molecule has 2 aromatic rings. The molecule has 2 aliphatic rings. The summed E-state index contributed by atoms with van der Waals surface area (Å²) in [7, 11) is 0. The van der Waals surface area contributed by atoms with Crippen LogP contribution in [0, 0.1) is 0 Å². The lowest BCUT2D eigenvalue weighted by atomic mass is 10.1. The molecule has 1 saturated heterocycles. The summed E-state index contributed by atoms with van der Waals surface area (Å²) in [4.78, 5) is 5.08. The highest BCUT2D eigenvalue weighted by molar-refractivity contribution is 5.48. The highest BCUT2D eigenvalue weighted by atomic mass is 16.5. The molecule has 0 saturated carbocycles. The van der Waals surface area contributed by atoms with Crippen LogP contribution in [0.2, 0.25) is 0 Å². The van der Waals surface area contributed by atoms with Crippen molar-refractivity contribution in [2.45, 2.75) is 13.0 Å². The van der Waals surface area contributed by atoms with Gasteiger partial charge in [0, 0.05) is 51.3 Å². The molecule has 0 spiro atoms. The fourth-order valence-electron chi connectivity index (χ4n) is 3.68. The average molecular weight is 334 g/mol. The molecule has 0 bridgehead atoms. The van der Waals surface area contributed by atoms with Crippen LogP contribution in [0.1, 0.15) is 16.7 Å². The smallest absolute Gasteiger partial charge is 0.127 e. The summed E-state index contributed by atoms with van der Waals surface area (Å²) in [6, 6.07) is 17.1. The number of rotatable bonds is 5. The van der Waals surface area contributed by atoms with E-state index < -0.39 is 0 Å². The number of fused-ring (bicyclic) bond motifs is 1. The molecule has 0 amide bonds. The standard InChI is InChI=1S/C22H26N2O/c1-2-6-19(7-3-1)8-5-12-23-13-15-24(16-14-23)18-21-10-4-9-20-11-17-25-22(20)21/h1-10H,11-18H2/b8-5+. The molecule has 2 aromatic carbocycles. The summed E-state index contributed by atoms with van der Waals surface area (Å²) in [6.45, 7) is 7.41. The molecule has 4 rings (SSSR count). The maximum atomic E-state index is 5.84. The van der Waals surface area contributed by atoms with E-state index in [9.17, 15) is 0 Å². The van der Waals surface area contributed by atoms with Crippen LogP contribution in [0.25, 0.3) is 6.08 Å². The molecule has 0 atom stereocenters. The Morgan fingerprint density at radius 3 is 2.52 bits per heavy atom. The molecular formula is C22H26N2O. The van der Waals surface area contributed by atoms with Gasteiger partial charge >= 0.3 is 0 Å². The second kappa shape index (κ2) is 7.85. The Morgan fingerprint density at radius 2 is 1.68 bits per heavy atom. The summed E-state index contributed by atoms with van der Waals surface area (Å²) in [5.74, 6) is 1.15. The monoisotopic (exact) mass is 334 g/mol. The first-order valence-corrected chi connectivity index (χ1v) is 9.28. The van der Waals surface area contributed by atoms with Crippen LogP contribution in [-0.4, -0.2) is 49.1 Å². The third-order valence-electron chi connectivity index (χ3n) is 5.13. The second-order valence-corrected chi connectivity index (χ2v) is 6.89. The minimum Gasteiger partial charge on any atom is -0.493 e. The van der Waals surface area contributed by atoms with Crippen molar-refractivity contribution in [1.29, 1.82) is 0 Å². The summed E-state index contributed by atoms with van der Waals surface area (Å²) in [6.07, 6.45) is 5.56. The lowest BCUT2D eigenvalue weighted by molar-refractivity contribution is 0.136. The second-order valence-electron chi connectivity index (χ2n) is 6.89. The lowest BCUT2D eigenvalue weighted by Crippen LogP contribution is -2.45. The zero-order chi connectivity index (χ0) is 16.9. The summed E-state index contributed by atoms with van der Waals surface area (Å²) in [5, 5.41) is 0. The Labute approximate surface area is 150 Å². The zero-order valence-electron chi connectivity index (χ0n) is 14.7. The summed E-state index contributed by atoms with van der Waals surface area (Å²) < 4.78 is 5.84. The van der Waals surface area contributed by atoms with Crippen molar-refractivity contribution in [3.63, 3.8) is 0 Å². The summed E-state index contributed by atoms with van der Waals surface area (Å²) >= 11 is 0. The zero-order valence-corrected chi connectivity index (χ0v) is 14.7. The maximum Gasteiger partial charge on any atom is 0.127 e. The Morgan fingerprint density at radius 1 is 0.880 bits per heavy atom. The maximum absolute atomic E-state index is 5.84. The highest BCUT2D eigenvalue weighted by Gasteiger charge is 2.20. The first kappa shape index (κ1) is 16.4. The minimum atomic E-state index is 0.841. The van der Waals surface area contributed by atoms with Crippen LogP contribution in [0.15, 0.2) is 54.6 Å². The van der Waals surface area contributed by atoms with Crippen LogP contribution in [0.4, 0.5) is 0 Å². The van der Waals surface area contributed by atoms with Gasteiger partial charge in [-0.15, -0.1) is 0 Å². The van der Waals surface area contributed by atoms with Crippen LogP contribution >= 0.6 is 0 Å². The predicted molar refractivity (Wildman–Crippen MR) is 103 cm³/mol. The Hall–Kier alpha value is -2.10. The van der Waals surface area contributed by atoms with Gasteiger partial charge in [-0.1, -0.05) is 60.7 Å². The molecule has 0 aromatic heterocycles. The van der Waals surface area contributed by atoms with Crippen molar-refractivity contribution in [3.05, 3.63) is 71.3 Å². The van der Waals surface area contributed by atoms with Crippen molar-refractivity contribution in [2.75, 3.05) is 39.3 Å². The van der Waals surface area contributed by atoms with Gasteiger partial charge in [0.2, 0.25) is 0 Å². The Kier molecular flexibility index (Phi) is 5.14. The van der Waals surface area contributed by atoms with Crippen LogP contribution in [0.3, 0.4) is 0 Å².